The Morgan fingerprint density at radius 2 is 1.48 bits per heavy atom. The molecule has 2 N–H and O–H groups in total. The summed E-state index contributed by atoms with van der Waals surface area (Å²) in [5.41, 5.74) is -3.21. The Hall–Kier alpha value is -2.85. The van der Waals surface area contributed by atoms with E-state index < -0.39 is 41.1 Å². The summed E-state index contributed by atoms with van der Waals surface area (Å²) in [5, 5.41) is 12.7. The summed E-state index contributed by atoms with van der Waals surface area (Å²) in [6.45, 7) is -0.122. The van der Waals surface area contributed by atoms with Gasteiger partial charge >= 0.3 is 12.4 Å². The smallest absolute Gasteiger partial charge is 0.383 e. The minimum atomic E-state index is -5.04. The Morgan fingerprint density at radius 3 is 2.03 bits per heavy atom. The summed E-state index contributed by atoms with van der Waals surface area (Å²) in [5.74, 6) is -1.07. The van der Waals surface area contributed by atoms with Crippen molar-refractivity contribution in [2.45, 2.75) is 25.0 Å². The SMILES string of the molecule is O=C(NCc1ccc(C(O)c2ccccc2)s1)c1cc(C(F)(F)F)cc(C(F)(F)F)c1. The molecule has 3 aromatic rings. The Morgan fingerprint density at radius 1 is 0.903 bits per heavy atom. The highest BCUT2D eigenvalue weighted by Crippen LogP contribution is 2.36. The number of carbonyl (C=O) groups is 1. The lowest BCUT2D eigenvalue weighted by Gasteiger charge is -2.14. The average molecular weight is 459 g/mol. The first kappa shape index (κ1) is 22.8. The highest BCUT2D eigenvalue weighted by Gasteiger charge is 2.37. The highest BCUT2D eigenvalue weighted by atomic mass is 32.1. The first-order valence-corrected chi connectivity index (χ1v) is 9.66. The second-order valence-electron chi connectivity index (χ2n) is 6.59. The summed E-state index contributed by atoms with van der Waals surface area (Å²) in [6.07, 6.45) is -11.0. The van der Waals surface area contributed by atoms with Crippen molar-refractivity contribution in [3.63, 3.8) is 0 Å². The number of aliphatic hydroxyl groups excluding tert-OH is 1. The third-order valence-electron chi connectivity index (χ3n) is 4.34. The van der Waals surface area contributed by atoms with Crippen LogP contribution in [0.5, 0.6) is 0 Å². The normalized spacial score (nSPS) is 13.1. The van der Waals surface area contributed by atoms with E-state index in [-0.39, 0.29) is 12.6 Å². The predicted octanol–water partition coefficient (Wildman–Crippen LogP) is 5.80. The van der Waals surface area contributed by atoms with Crippen molar-refractivity contribution in [2.24, 2.45) is 0 Å². The van der Waals surface area contributed by atoms with Crippen LogP contribution in [0.4, 0.5) is 26.3 Å². The molecule has 0 saturated carbocycles. The standard InChI is InChI=1S/C21H15F6NO2S/c22-20(23,24)14-8-13(9-15(10-14)21(25,26)27)19(30)28-11-16-6-7-17(31-16)18(29)12-4-2-1-3-5-12/h1-10,18,29H,11H2,(H,28,30). The molecule has 1 atom stereocenters. The van der Waals surface area contributed by atoms with Crippen molar-refractivity contribution >= 4 is 17.2 Å². The van der Waals surface area contributed by atoms with Gasteiger partial charge in [-0.2, -0.15) is 26.3 Å². The quantitative estimate of drug-likeness (QED) is 0.474. The number of hydrogen-bond donors (Lipinski definition) is 2. The average Bonchev–Trinajstić information content (AvgIpc) is 3.19. The van der Waals surface area contributed by atoms with Crippen LogP contribution in [0.3, 0.4) is 0 Å². The maximum atomic E-state index is 12.9. The largest absolute Gasteiger partial charge is 0.416 e. The zero-order valence-electron chi connectivity index (χ0n) is 15.6. The molecule has 1 aromatic heterocycles. The van der Waals surface area contributed by atoms with E-state index in [0.29, 0.717) is 27.5 Å². The van der Waals surface area contributed by atoms with Crippen LogP contribution in [0.15, 0.2) is 60.7 Å². The summed E-state index contributed by atoms with van der Waals surface area (Å²) in [6, 6.07) is 12.8. The maximum Gasteiger partial charge on any atom is 0.416 e. The van der Waals surface area contributed by atoms with Gasteiger partial charge in [0.15, 0.2) is 0 Å². The summed E-state index contributed by atoms with van der Waals surface area (Å²) in [7, 11) is 0. The number of carbonyl (C=O) groups excluding carboxylic acids is 1. The van der Waals surface area contributed by atoms with Gasteiger partial charge in [-0.1, -0.05) is 30.3 Å². The van der Waals surface area contributed by atoms with E-state index in [9.17, 15) is 36.2 Å². The van der Waals surface area contributed by atoms with Crippen LogP contribution in [0.1, 0.15) is 42.9 Å². The van der Waals surface area contributed by atoms with E-state index in [4.69, 9.17) is 0 Å². The van der Waals surface area contributed by atoms with Crippen molar-refractivity contribution in [1.82, 2.24) is 5.32 Å². The third kappa shape index (κ3) is 5.65. The molecule has 31 heavy (non-hydrogen) atoms. The molecule has 0 saturated heterocycles. The van der Waals surface area contributed by atoms with E-state index in [1.807, 2.05) is 0 Å². The van der Waals surface area contributed by atoms with Crippen molar-refractivity contribution in [3.8, 4) is 0 Å². The molecule has 0 spiro atoms. The van der Waals surface area contributed by atoms with E-state index >= 15 is 0 Å². The fourth-order valence-electron chi connectivity index (χ4n) is 2.79. The van der Waals surface area contributed by atoms with Crippen LogP contribution in [-0.2, 0) is 18.9 Å². The number of nitrogens with one attached hydrogen (secondary N) is 1. The van der Waals surface area contributed by atoms with Gasteiger partial charge in [0.1, 0.15) is 6.10 Å². The lowest BCUT2D eigenvalue weighted by Crippen LogP contribution is -2.24. The second-order valence-corrected chi connectivity index (χ2v) is 7.79. The monoisotopic (exact) mass is 459 g/mol. The molecular weight excluding hydrogens is 444 g/mol. The molecule has 0 aliphatic rings. The number of amides is 1. The molecule has 10 heteroatoms. The molecule has 0 aliphatic carbocycles. The molecule has 1 heterocycles. The highest BCUT2D eigenvalue weighted by molar-refractivity contribution is 7.12. The molecule has 1 amide bonds. The molecule has 164 valence electrons. The number of benzene rings is 2. The molecule has 0 radical (unpaired) electrons. The molecule has 1 unspecified atom stereocenters. The molecule has 0 fully saturated rings. The number of rotatable bonds is 5. The van der Waals surface area contributed by atoms with Crippen LogP contribution >= 0.6 is 11.3 Å². The molecule has 2 aromatic carbocycles. The van der Waals surface area contributed by atoms with Crippen LogP contribution in [0.2, 0.25) is 0 Å². The first-order valence-electron chi connectivity index (χ1n) is 8.84. The van der Waals surface area contributed by atoms with Gasteiger partial charge in [0.05, 0.1) is 17.7 Å². The van der Waals surface area contributed by atoms with Crippen molar-refractivity contribution in [2.75, 3.05) is 0 Å². The molecule has 3 rings (SSSR count). The van der Waals surface area contributed by atoms with Gasteiger partial charge in [-0.25, -0.2) is 0 Å². The molecule has 0 bridgehead atoms. The predicted molar refractivity (Wildman–Crippen MR) is 102 cm³/mol. The van der Waals surface area contributed by atoms with Gasteiger partial charge in [0.2, 0.25) is 0 Å². The summed E-state index contributed by atoms with van der Waals surface area (Å²) < 4.78 is 77.7. The Balaban J connectivity index is 1.75. The molecule has 3 nitrogen and oxygen atoms in total. The number of thiophene rings is 1. The zero-order chi connectivity index (χ0) is 22.8. The fraction of sp³-hybridized carbons (Fsp3) is 0.190. The van der Waals surface area contributed by atoms with Crippen LogP contribution < -0.4 is 5.32 Å². The number of alkyl halides is 6. The molecule has 0 aliphatic heterocycles. The Labute approximate surface area is 177 Å². The first-order chi connectivity index (χ1) is 14.4. The lowest BCUT2D eigenvalue weighted by molar-refractivity contribution is -0.143. The minimum absolute atomic E-state index is 0.0344. The van der Waals surface area contributed by atoms with Gasteiger partial charge in [-0.3, -0.25) is 4.79 Å². The number of aliphatic hydroxyl groups is 1. The lowest BCUT2D eigenvalue weighted by atomic mass is 10.0. The van der Waals surface area contributed by atoms with Crippen LogP contribution in [0.25, 0.3) is 0 Å². The third-order valence-corrected chi connectivity index (χ3v) is 5.48. The molecular formula is C21H15F6NO2S. The van der Waals surface area contributed by atoms with Gasteiger partial charge in [-0.15, -0.1) is 11.3 Å². The van der Waals surface area contributed by atoms with E-state index in [2.05, 4.69) is 5.32 Å². The second kappa shape index (κ2) is 8.72. The Kier molecular flexibility index (Phi) is 6.42. The fourth-order valence-corrected chi connectivity index (χ4v) is 3.76. The van der Waals surface area contributed by atoms with Crippen LogP contribution in [-0.4, -0.2) is 11.0 Å². The van der Waals surface area contributed by atoms with E-state index in [1.165, 1.54) is 0 Å². The topological polar surface area (TPSA) is 49.3 Å². The van der Waals surface area contributed by atoms with Gasteiger partial charge < -0.3 is 10.4 Å². The van der Waals surface area contributed by atoms with Gasteiger partial charge in [0.25, 0.3) is 5.91 Å². The minimum Gasteiger partial charge on any atom is -0.383 e. The van der Waals surface area contributed by atoms with Crippen molar-refractivity contribution in [1.29, 1.82) is 0 Å². The summed E-state index contributed by atoms with van der Waals surface area (Å²) in [4.78, 5) is 13.4. The number of hydrogen-bond acceptors (Lipinski definition) is 3. The number of halogens is 6. The van der Waals surface area contributed by atoms with Crippen molar-refractivity contribution in [3.05, 3.63) is 92.7 Å². The van der Waals surface area contributed by atoms with E-state index in [0.717, 1.165) is 11.3 Å². The Bertz CT molecular complexity index is 1030. The summed E-state index contributed by atoms with van der Waals surface area (Å²) >= 11 is 1.16. The zero-order valence-corrected chi connectivity index (χ0v) is 16.4. The van der Waals surface area contributed by atoms with Crippen LogP contribution in [0, 0.1) is 0 Å². The van der Waals surface area contributed by atoms with Crippen molar-refractivity contribution < 1.29 is 36.2 Å². The van der Waals surface area contributed by atoms with E-state index in [1.54, 1.807) is 42.5 Å². The maximum absolute atomic E-state index is 12.9. The van der Waals surface area contributed by atoms with Gasteiger partial charge in [-0.05, 0) is 35.9 Å². The van der Waals surface area contributed by atoms with Gasteiger partial charge in [0, 0.05) is 15.3 Å².